The summed E-state index contributed by atoms with van der Waals surface area (Å²) in [5.74, 6) is 0.458. The highest BCUT2D eigenvalue weighted by molar-refractivity contribution is 7.91. The number of carbonyl (C=O) groups is 1. The van der Waals surface area contributed by atoms with Gasteiger partial charge in [0.1, 0.15) is 11.9 Å². The number of nitrogens with one attached hydrogen (secondary N) is 1. The molecule has 1 aromatic heterocycles. The number of carbonyl (C=O) groups excluding carboxylic acids is 1. The van der Waals surface area contributed by atoms with Gasteiger partial charge in [0.2, 0.25) is 5.91 Å². The smallest absolute Gasteiger partial charge is 0.247 e. The number of amides is 1. The largest absolute Gasteiger partial charge is 0.370 e. The van der Waals surface area contributed by atoms with E-state index in [1.54, 1.807) is 6.20 Å². The average molecular weight is 415 g/mol. The fourth-order valence-electron chi connectivity index (χ4n) is 3.97. The van der Waals surface area contributed by atoms with Crippen LogP contribution in [0.15, 0.2) is 48.7 Å². The first kappa shape index (κ1) is 19.8. The Morgan fingerprint density at radius 3 is 2.28 bits per heavy atom. The second-order valence-electron chi connectivity index (χ2n) is 7.59. The van der Waals surface area contributed by atoms with Gasteiger partial charge in [-0.25, -0.2) is 13.4 Å². The van der Waals surface area contributed by atoms with Gasteiger partial charge >= 0.3 is 0 Å². The van der Waals surface area contributed by atoms with Gasteiger partial charge in [0.15, 0.2) is 9.84 Å². The Bertz CT molecular complexity index is 928. The van der Waals surface area contributed by atoms with E-state index in [0.29, 0.717) is 18.9 Å². The number of hydrogen-bond acceptors (Lipinski definition) is 6. The molecule has 3 heterocycles. The number of benzene rings is 1. The maximum absolute atomic E-state index is 13.2. The summed E-state index contributed by atoms with van der Waals surface area (Å²) in [6, 6.07) is 12.7. The van der Waals surface area contributed by atoms with E-state index in [1.165, 1.54) is 12.8 Å². The molecule has 0 spiro atoms. The minimum Gasteiger partial charge on any atom is -0.370 e. The average Bonchev–Trinajstić information content (AvgIpc) is 3.26. The minimum absolute atomic E-state index is 0.0758. The quantitative estimate of drug-likeness (QED) is 0.807. The lowest BCUT2D eigenvalue weighted by atomic mass is 10.0. The summed E-state index contributed by atoms with van der Waals surface area (Å²) in [7, 11) is -3.02. The van der Waals surface area contributed by atoms with E-state index < -0.39 is 15.9 Å². The third kappa shape index (κ3) is 4.76. The maximum Gasteiger partial charge on any atom is 0.247 e. The molecule has 2 aromatic rings. The van der Waals surface area contributed by atoms with E-state index >= 15 is 0 Å². The van der Waals surface area contributed by atoms with Crippen LogP contribution in [0.4, 0.5) is 11.5 Å². The molecule has 2 saturated heterocycles. The summed E-state index contributed by atoms with van der Waals surface area (Å²) in [6.07, 6.45) is 4.19. The van der Waals surface area contributed by atoms with Crippen molar-refractivity contribution in [3.8, 4) is 0 Å². The Morgan fingerprint density at radius 2 is 1.66 bits per heavy atom. The zero-order valence-corrected chi connectivity index (χ0v) is 17.1. The van der Waals surface area contributed by atoms with Gasteiger partial charge in [-0.2, -0.15) is 0 Å². The van der Waals surface area contributed by atoms with Crippen LogP contribution in [0, 0.1) is 0 Å². The third-order valence-corrected chi connectivity index (χ3v) is 7.19. The molecule has 1 amide bonds. The van der Waals surface area contributed by atoms with Crippen molar-refractivity contribution in [3.63, 3.8) is 0 Å². The molecule has 1 N–H and O–H groups in total. The first-order valence-corrected chi connectivity index (χ1v) is 11.9. The van der Waals surface area contributed by atoms with E-state index in [0.717, 1.165) is 24.3 Å². The third-order valence-electron chi connectivity index (χ3n) is 5.58. The maximum atomic E-state index is 13.2. The number of aromatic nitrogens is 1. The van der Waals surface area contributed by atoms with Crippen molar-refractivity contribution in [1.82, 2.24) is 9.88 Å². The molecule has 7 nitrogen and oxygen atoms in total. The van der Waals surface area contributed by atoms with Crippen molar-refractivity contribution in [3.05, 3.63) is 54.2 Å². The highest BCUT2D eigenvalue weighted by Gasteiger charge is 2.32. The SMILES string of the molecule is O=C(Nc1ccc(N2CCCC2)cn1)C(c1ccccc1)N1CCS(=O)(=O)CC1. The monoisotopic (exact) mass is 414 g/mol. The lowest BCUT2D eigenvalue weighted by Gasteiger charge is -2.33. The summed E-state index contributed by atoms with van der Waals surface area (Å²) >= 11 is 0. The highest BCUT2D eigenvalue weighted by Crippen LogP contribution is 2.25. The second kappa shape index (κ2) is 8.51. The first-order valence-electron chi connectivity index (χ1n) is 10.0. The van der Waals surface area contributed by atoms with Crippen molar-refractivity contribution in [2.75, 3.05) is 47.9 Å². The fraction of sp³-hybridized carbons (Fsp3) is 0.429. The van der Waals surface area contributed by atoms with Crippen molar-refractivity contribution >= 4 is 27.2 Å². The number of sulfone groups is 1. The molecular formula is C21H26N4O3S. The van der Waals surface area contributed by atoms with Gasteiger partial charge in [-0.15, -0.1) is 0 Å². The predicted octanol–water partition coefficient (Wildman–Crippen LogP) is 2.09. The van der Waals surface area contributed by atoms with Gasteiger partial charge < -0.3 is 10.2 Å². The summed E-state index contributed by atoms with van der Waals surface area (Å²) in [5, 5.41) is 2.92. The molecule has 0 radical (unpaired) electrons. The molecule has 154 valence electrons. The Labute approximate surface area is 171 Å². The Kier molecular flexibility index (Phi) is 5.82. The molecular weight excluding hydrogens is 388 g/mol. The van der Waals surface area contributed by atoms with Crippen LogP contribution in [0.2, 0.25) is 0 Å². The van der Waals surface area contributed by atoms with Crippen molar-refractivity contribution in [1.29, 1.82) is 0 Å². The van der Waals surface area contributed by atoms with Crippen LogP contribution in [0.5, 0.6) is 0 Å². The van der Waals surface area contributed by atoms with Gasteiger partial charge in [-0.1, -0.05) is 30.3 Å². The number of rotatable bonds is 5. The van der Waals surface area contributed by atoms with E-state index in [1.807, 2.05) is 47.4 Å². The molecule has 2 aliphatic rings. The van der Waals surface area contributed by atoms with Crippen molar-refractivity contribution in [2.45, 2.75) is 18.9 Å². The van der Waals surface area contributed by atoms with Crippen LogP contribution in [0.1, 0.15) is 24.4 Å². The molecule has 8 heteroatoms. The van der Waals surface area contributed by atoms with Crippen LogP contribution in [-0.2, 0) is 14.6 Å². The number of nitrogens with zero attached hydrogens (tertiary/aromatic N) is 3. The summed E-state index contributed by atoms with van der Waals surface area (Å²) in [6.45, 7) is 2.77. The molecule has 2 fully saturated rings. The molecule has 4 rings (SSSR count). The van der Waals surface area contributed by atoms with E-state index in [4.69, 9.17) is 0 Å². The van der Waals surface area contributed by atoms with Crippen LogP contribution in [0.25, 0.3) is 0 Å². The molecule has 2 aliphatic heterocycles. The normalized spacial score (nSPS) is 20.3. The van der Waals surface area contributed by atoms with Crippen LogP contribution >= 0.6 is 0 Å². The van der Waals surface area contributed by atoms with Crippen LogP contribution < -0.4 is 10.2 Å². The first-order chi connectivity index (χ1) is 14.0. The zero-order valence-electron chi connectivity index (χ0n) is 16.3. The molecule has 1 aromatic carbocycles. The summed E-state index contributed by atoms with van der Waals surface area (Å²) in [5.41, 5.74) is 1.92. The van der Waals surface area contributed by atoms with Gasteiger partial charge in [0.05, 0.1) is 23.4 Å². The Hall–Kier alpha value is -2.45. The summed E-state index contributed by atoms with van der Waals surface area (Å²) in [4.78, 5) is 21.8. The predicted molar refractivity (Wildman–Crippen MR) is 114 cm³/mol. The van der Waals surface area contributed by atoms with Crippen LogP contribution in [0.3, 0.4) is 0 Å². The van der Waals surface area contributed by atoms with E-state index in [-0.39, 0.29) is 17.4 Å². The number of anilines is 2. The van der Waals surface area contributed by atoms with Gasteiger partial charge in [0, 0.05) is 26.2 Å². The lowest BCUT2D eigenvalue weighted by Crippen LogP contribution is -2.46. The van der Waals surface area contributed by atoms with Crippen molar-refractivity contribution in [2.24, 2.45) is 0 Å². The van der Waals surface area contributed by atoms with Gasteiger partial charge in [-0.3, -0.25) is 9.69 Å². The van der Waals surface area contributed by atoms with Gasteiger partial charge in [-0.05, 0) is 30.5 Å². The molecule has 0 aliphatic carbocycles. The zero-order chi connectivity index (χ0) is 20.3. The topological polar surface area (TPSA) is 82.6 Å². The molecule has 0 saturated carbocycles. The Morgan fingerprint density at radius 1 is 0.966 bits per heavy atom. The van der Waals surface area contributed by atoms with E-state index in [2.05, 4.69) is 15.2 Å². The lowest BCUT2D eigenvalue weighted by molar-refractivity contribution is -0.121. The molecule has 1 atom stereocenters. The fourth-order valence-corrected chi connectivity index (χ4v) is 5.19. The number of pyridine rings is 1. The van der Waals surface area contributed by atoms with E-state index in [9.17, 15) is 13.2 Å². The number of hydrogen-bond donors (Lipinski definition) is 1. The summed E-state index contributed by atoms with van der Waals surface area (Å²) < 4.78 is 23.6. The molecule has 1 unspecified atom stereocenters. The minimum atomic E-state index is -3.02. The standard InChI is InChI=1S/C21H26N4O3S/c26-21(23-19-9-8-18(16-22-19)24-10-4-5-11-24)20(17-6-2-1-3-7-17)25-12-14-29(27,28)15-13-25/h1-3,6-9,16,20H,4-5,10-15H2,(H,22,23,26). The van der Waals surface area contributed by atoms with Crippen molar-refractivity contribution < 1.29 is 13.2 Å². The highest BCUT2D eigenvalue weighted by atomic mass is 32.2. The second-order valence-corrected chi connectivity index (χ2v) is 9.89. The van der Waals surface area contributed by atoms with Gasteiger partial charge in [0.25, 0.3) is 0 Å². The molecule has 0 bridgehead atoms. The molecule has 29 heavy (non-hydrogen) atoms. The van der Waals surface area contributed by atoms with Crippen LogP contribution in [-0.4, -0.2) is 61.9 Å². The Balaban J connectivity index is 1.50.